The van der Waals surface area contributed by atoms with Gasteiger partial charge in [0, 0.05) is 38.4 Å². The van der Waals surface area contributed by atoms with E-state index < -0.39 is 0 Å². The SMILES string of the molecule is CCNC(=NCc1coc(-c2ccccc2)n1)N1CCN(c2cnn(C)c2)C(=O)C1.I. The standard InChI is InChI=1S/C21H25N7O2.HI/c1-3-22-21(23-11-17-15-30-20(25-17)16-7-5-4-6-8-16)27-9-10-28(19(29)14-27)18-12-24-26(2)13-18;/h4-8,12-13,15H,3,9-11,14H2,1-2H3,(H,22,23);1H. The fourth-order valence-corrected chi connectivity index (χ4v) is 3.35. The monoisotopic (exact) mass is 535 g/mol. The summed E-state index contributed by atoms with van der Waals surface area (Å²) < 4.78 is 7.28. The van der Waals surface area contributed by atoms with Gasteiger partial charge in [0.2, 0.25) is 11.8 Å². The molecule has 0 spiro atoms. The molecule has 1 amide bonds. The number of anilines is 1. The van der Waals surface area contributed by atoms with Crippen molar-refractivity contribution in [1.82, 2.24) is 25.0 Å². The van der Waals surface area contributed by atoms with Crippen molar-refractivity contribution >= 4 is 41.5 Å². The Bertz CT molecular complexity index is 1030. The molecule has 9 nitrogen and oxygen atoms in total. The van der Waals surface area contributed by atoms with Gasteiger partial charge in [-0.3, -0.25) is 9.48 Å². The van der Waals surface area contributed by atoms with E-state index in [9.17, 15) is 4.79 Å². The molecule has 0 radical (unpaired) electrons. The van der Waals surface area contributed by atoms with Gasteiger partial charge in [-0.2, -0.15) is 5.10 Å². The number of aryl methyl sites for hydroxylation is 1. The van der Waals surface area contributed by atoms with E-state index in [0.717, 1.165) is 16.9 Å². The molecule has 0 bridgehead atoms. The molecular weight excluding hydrogens is 509 g/mol. The maximum absolute atomic E-state index is 12.7. The molecule has 1 N–H and O–H groups in total. The summed E-state index contributed by atoms with van der Waals surface area (Å²) in [6.07, 6.45) is 5.18. The first-order valence-corrected chi connectivity index (χ1v) is 9.96. The molecule has 0 atom stereocenters. The minimum absolute atomic E-state index is 0. The van der Waals surface area contributed by atoms with E-state index in [0.29, 0.717) is 38.0 Å². The smallest absolute Gasteiger partial charge is 0.246 e. The normalized spacial score (nSPS) is 14.5. The van der Waals surface area contributed by atoms with Crippen molar-refractivity contribution in [2.24, 2.45) is 12.0 Å². The van der Waals surface area contributed by atoms with E-state index in [1.807, 2.05) is 55.4 Å². The number of hydrogen-bond acceptors (Lipinski definition) is 5. The van der Waals surface area contributed by atoms with Crippen LogP contribution in [0.15, 0.2) is 58.4 Å². The number of piperazine rings is 1. The summed E-state index contributed by atoms with van der Waals surface area (Å²) in [6.45, 7) is 4.61. The first-order valence-electron chi connectivity index (χ1n) is 9.96. The van der Waals surface area contributed by atoms with Gasteiger partial charge in [0.1, 0.15) is 18.5 Å². The van der Waals surface area contributed by atoms with Crippen molar-refractivity contribution in [3.8, 4) is 11.5 Å². The molecule has 1 aliphatic heterocycles. The van der Waals surface area contributed by atoms with Crippen molar-refractivity contribution < 1.29 is 9.21 Å². The van der Waals surface area contributed by atoms with Crippen molar-refractivity contribution in [1.29, 1.82) is 0 Å². The molecule has 31 heavy (non-hydrogen) atoms. The molecule has 2 aromatic heterocycles. The Kier molecular flexibility index (Phi) is 7.66. The highest BCUT2D eigenvalue weighted by molar-refractivity contribution is 14.0. The van der Waals surface area contributed by atoms with Gasteiger partial charge in [0.05, 0.1) is 18.4 Å². The van der Waals surface area contributed by atoms with Crippen molar-refractivity contribution in [2.45, 2.75) is 13.5 Å². The molecule has 0 saturated carbocycles. The van der Waals surface area contributed by atoms with E-state index in [1.54, 1.807) is 22.0 Å². The average Bonchev–Trinajstić information content (AvgIpc) is 3.41. The molecule has 1 fully saturated rings. The number of aromatic nitrogens is 3. The Labute approximate surface area is 198 Å². The van der Waals surface area contributed by atoms with Crippen LogP contribution < -0.4 is 10.2 Å². The van der Waals surface area contributed by atoms with Crippen LogP contribution in [0.5, 0.6) is 0 Å². The van der Waals surface area contributed by atoms with Crippen LogP contribution in [-0.4, -0.2) is 57.7 Å². The Balaban J connectivity index is 0.00000272. The second kappa shape index (κ2) is 10.4. The van der Waals surface area contributed by atoms with E-state index >= 15 is 0 Å². The van der Waals surface area contributed by atoms with Gasteiger partial charge in [-0.25, -0.2) is 9.98 Å². The summed E-state index contributed by atoms with van der Waals surface area (Å²) >= 11 is 0. The summed E-state index contributed by atoms with van der Waals surface area (Å²) in [7, 11) is 1.84. The zero-order valence-corrected chi connectivity index (χ0v) is 19.9. The largest absolute Gasteiger partial charge is 0.444 e. The van der Waals surface area contributed by atoms with Crippen LogP contribution in [0, 0.1) is 0 Å². The lowest BCUT2D eigenvalue weighted by molar-refractivity contribution is -0.120. The van der Waals surface area contributed by atoms with Crippen LogP contribution in [0.25, 0.3) is 11.5 Å². The third-order valence-electron chi connectivity index (χ3n) is 4.82. The third kappa shape index (κ3) is 5.43. The van der Waals surface area contributed by atoms with Gasteiger partial charge in [0.15, 0.2) is 5.96 Å². The lowest BCUT2D eigenvalue weighted by Gasteiger charge is -2.35. The highest BCUT2D eigenvalue weighted by Crippen LogP contribution is 2.19. The molecule has 4 rings (SSSR count). The number of nitrogens with zero attached hydrogens (tertiary/aromatic N) is 6. The highest BCUT2D eigenvalue weighted by atomic mass is 127. The number of amides is 1. The highest BCUT2D eigenvalue weighted by Gasteiger charge is 2.27. The first-order chi connectivity index (χ1) is 14.6. The first kappa shape index (κ1) is 22.8. The summed E-state index contributed by atoms with van der Waals surface area (Å²) in [5.74, 6) is 1.29. The summed E-state index contributed by atoms with van der Waals surface area (Å²) in [5.41, 5.74) is 2.49. The van der Waals surface area contributed by atoms with Crippen LogP contribution in [0.2, 0.25) is 0 Å². The molecule has 1 aliphatic rings. The van der Waals surface area contributed by atoms with Crippen LogP contribution >= 0.6 is 24.0 Å². The van der Waals surface area contributed by atoms with Crippen LogP contribution in [0.3, 0.4) is 0 Å². The minimum atomic E-state index is 0. The maximum atomic E-state index is 12.7. The van der Waals surface area contributed by atoms with E-state index in [1.165, 1.54) is 0 Å². The van der Waals surface area contributed by atoms with Gasteiger partial charge in [-0.15, -0.1) is 24.0 Å². The molecule has 3 heterocycles. The Morgan fingerprint density at radius 1 is 1.26 bits per heavy atom. The number of aliphatic imine (C=N–C) groups is 1. The van der Waals surface area contributed by atoms with Gasteiger partial charge >= 0.3 is 0 Å². The third-order valence-corrected chi connectivity index (χ3v) is 4.82. The number of benzene rings is 1. The minimum Gasteiger partial charge on any atom is -0.444 e. The molecule has 1 aromatic carbocycles. The Morgan fingerprint density at radius 2 is 2.06 bits per heavy atom. The molecule has 0 aliphatic carbocycles. The van der Waals surface area contributed by atoms with E-state index in [2.05, 4.69) is 20.4 Å². The number of rotatable bonds is 5. The van der Waals surface area contributed by atoms with Crippen LogP contribution in [-0.2, 0) is 18.4 Å². The number of halogens is 1. The summed E-state index contributed by atoms with van der Waals surface area (Å²) in [6, 6.07) is 9.76. The summed E-state index contributed by atoms with van der Waals surface area (Å²) in [4.78, 5) is 25.6. The van der Waals surface area contributed by atoms with Gasteiger partial charge < -0.3 is 19.5 Å². The van der Waals surface area contributed by atoms with Gasteiger partial charge in [-0.1, -0.05) is 18.2 Å². The fourth-order valence-electron chi connectivity index (χ4n) is 3.35. The second-order valence-electron chi connectivity index (χ2n) is 7.02. The van der Waals surface area contributed by atoms with Crippen LogP contribution in [0.1, 0.15) is 12.6 Å². The van der Waals surface area contributed by atoms with E-state index in [-0.39, 0.29) is 36.4 Å². The Hall–Kier alpha value is -2.89. The second-order valence-corrected chi connectivity index (χ2v) is 7.02. The zero-order chi connectivity index (χ0) is 20.9. The summed E-state index contributed by atoms with van der Waals surface area (Å²) in [5, 5.41) is 7.42. The number of hydrogen-bond donors (Lipinski definition) is 1. The molecule has 10 heteroatoms. The predicted molar refractivity (Wildman–Crippen MR) is 129 cm³/mol. The number of guanidine groups is 1. The number of nitrogens with one attached hydrogen (secondary N) is 1. The average molecular weight is 535 g/mol. The lowest BCUT2D eigenvalue weighted by Crippen LogP contribution is -2.55. The van der Waals surface area contributed by atoms with Gasteiger partial charge in [0.25, 0.3) is 0 Å². The van der Waals surface area contributed by atoms with Crippen molar-refractivity contribution in [2.75, 3.05) is 31.1 Å². The Morgan fingerprint density at radius 3 is 2.74 bits per heavy atom. The van der Waals surface area contributed by atoms with Crippen molar-refractivity contribution in [3.05, 3.63) is 54.7 Å². The molecule has 1 saturated heterocycles. The number of carbonyl (C=O) groups is 1. The topological polar surface area (TPSA) is 91.8 Å². The zero-order valence-electron chi connectivity index (χ0n) is 17.6. The number of oxazole rings is 1. The quantitative estimate of drug-likeness (QED) is 0.307. The molecule has 164 valence electrons. The van der Waals surface area contributed by atoms with Crippen LogP contribution in [0.4, 0.5) is 5.69 Å². The fraction of sp³-hybridized carbons (Fsp3) is 0.333. The van der Waals surface area contributed by atoms with Crippen molar-refractivity contribution in [3.63, 3.8) is 0 Å². The van der Waals surface area contributed by atoms with Gasteiger partial charge in [-0.05, 0) is 19.1 Å². The lowest BCUT2D eigenvalue weighted by atomic mass is 10.2. The number of carbonyl (C=O) groups excluding carboxylic acids is 1. The molecule has 0 unspecified atom stereocenters. The molecular formula is C21H26IN7O2. The predicted octanol–water partition coefficient (Wildman–Crippen LogP) is 2.51. The van der Waals surface area contributed by atoms with E-state index in [4.69, 9.17) is 4.42 Å². The maximum Gasteiger partial charge on any atom is 0.246 e. The molecule has 3 aromatic rings.